The summed E-state index contributed by atoms with van der Waals surface area (Å²) in [6, 6.07) is 10.3. The smallest absolute Gasteiger partial charge is 0.322 e. The number of nitrogens with zero attached hydrogens (tertiary/aromatic N) is 4. The highest BCUT2D eigenvalue weighted by Gasteiger charge is 2.10. The van der Waals surface area contributed by atoms with Gasteiger partial charge in [-0.2, -0.15) is 15.0 Å². The van der Waals surface area contributed by atoms with Crippen LogP contribution in [0, 0.1) is 0 Å². The van der Waals surface area contributed by atoms with Crippen molar-refractivity contribution >= 4 is 11.9 Å². The molecule has 0 aliphatic rings. The van der Waals surface area contributed by atoms with E-state index in [1.165, 1.54) is 7.11 Å². The first-order valence-corrected chi connectivity index (χ1v) is 5.74. The summed E-state index contributed by atoms with van der Waals surface area (Å²) in [5, 5.41) is 0. The molecule has 0 spiro atoms. The molecular weight excluding hydrogens is 244 g/mol. The highest BCUT2D eigenvalue weighted by Crippen LogP contribution is 2.15. The number of methoxy groups -OCH3 is 1. The Balaban J connectivity index is 2.20. The van der Waals surface area contributed by atoms with Crippen LogP contribution in [0.1, 0.15) is 5.56 Å². The van der Waals surface area contributed by atoms with Crippen LogP contribution in [0.4, 0.5) is 11.9 Å². The number of nitrogens with one attached hydrogen (secondary N) is 1. The Kier molecular flexibility index (Phi) is 4.09. The average Bonchev–Trinajstić information content (AvgIpc) is 2.47. The maximum Gasteiger partial charge on any atom is 0.322 e. The predicted octanol–water partition coefficient (Wildman–Crippen LogP) is 0.802. The van der Waals surface area contributed by atoms with Gasteiger partial charge in [0.1, 0.15) is 0 Å². The van der Waals surface area contributed by atoms with E-state index in [9.17, 15) is 0 Å². The number of hydrogen-bond donors (Lipinski definition) is 2. The molecule has 7 heteroatoms. The highest BCUT2D eigenvalue weighted by atomic mass is 16.5. The van der Waals surface area contributed by atoms with Crippen LogP contribution in [-0.4, -0.2) is 29.1 Å². The monoisotopic (exact) mass is 260 g/mol. The normalized spacial score (nSPS) is 10.1. The van der Waals surface area contributed by atoms with E-state index in [1.807, 2.05) is 42.3 Å². The van der Waals surface area contributed by atoms with Crippen molar-refractivity contribution in [1.82, 2.24) is 15.0 Å². The summed E-state index contributed by atoms with van der Waals surface area (Å²) in [6.45, 7) is 0.679. The molecule has 1 aromatic heterocycles. The molecule has 100 valence electrons. The summed E-state index contributed by atoms with van der Waals surface area (Å²) < 4.78 is 5.01. The second kappa shape index (κ2) is 5.96. The number of hydrogen-bond acceptors (Lipinski definition) is 7. The van der Waals surface area contributed by atoms with Crippen molar-refractivity contribution in [2.45, 2.75) is 6.54 Å². The second-order valence-corrected chi connectivity index (χ2v) is 3.93. The Labute approximate surface area is 111 Å². The Morgan fingerprint density at radius 2 is 1.95 bits per heavy atom. The van der Waals surface area contributed by atoms with Crippen molar-refractivity contribution in [3.63, 3.8) is 0 Å². The van der Waals surface area contributed by atoms with Gasteiger partial charge in [0.15, 0.2) is 0 Å². The standard InChI is InChI=1S/C12H16N6O/c1-18(8-9-6-4-3-5-7-9)11-14-10(17-13)15-12(16-11)19-2/h3-7H,8,13H2,1-2H3,(H,14,15,16,17). The molecule has 1 heterocycles. The highest BCUT2D eigenvalue weighted by molar-refractivity contribution is 5.38. The van der Waals surface area contributed by atoms with E-state index in [0.717, 1.165) is 5.56 Å². The summed E-state index contributed by atoms with van der Waals surface area (Å²) in [4.78, 5) is 14.2. The molecular formula is C12H16N6O. The third kappa shape index (κ3) is 3.29. The van der Waals surface area contributed by atoms with Crippen molar-refractivity contribution in [3.8, 4) is 6.01 Å². The lowest BCUT2D eigenvalue weighted by atomic mass is 10.2. The van der Waals surface area contributed by atoms with E-state index in [4.69, 9.17) is 10.6 Å². The molecule has 0 unspecified atom stereocenters. The number of nitrogens with two attached hydrogens (primary N) is 1. The van der Waals surface area contributed by atoms with Crippen LogP contribution in [-0.2, 0) is 6.54 Å². The third-order valence-electron chi connectivity index (χ3n) is 2.52. The molecule has 3 N–H and O–H groups in total. The molecule has 0 aliphatic carbocycles. The van der Waals surface area contributed by atoms with Gasteiger partial charge in [-0.1, -0.05) is 30.3 Å². The quantitative estimate of drug-likeness (QED) is 0.607. The Bertz CT molecular complexity index is 511. The number of aromatic nitrogens is 3. The van der Waals surface area contributed by atoms with Crippen LogP contribution in [0.3, 0.4) is 0 Å². The van der Waals surface area contributed by atoms with Gasteiger partial charge in [-0.15, -0.1) is 0 Å². The topological polar surface area (TPSA) is 89.2 Å². The molecule has 0 amide bonds. The lowest BCUT2D eigenvalue weighted by Gasteiger charge is -2.17. The summed E-state index contributed by atoms with van der Waals surface area (Å²) in [6.07, 6.45) is 0. The summed E-state index contributed by atoms with van der Waals surface area (Å²) in [7, 11) is 3.39. The number of nitrogen functional groups attached to an aromatic ring is 1. The van der Waals surface area contributed by atoms with Crippen molar-refractivity contribution in [1.29, 1.82) is 0 Å². The SMILES string of the molecule is COc1nc(NN)nc(N(C)Cc2ccccc2)n1. The molecule has 2 aromatic rings. The Morgan fingerprint density at radius 1 is 1.21 bits per heavy atom. The van der Waals surface area contributed by atoms with E-state index in [2.05, 4.69) is 20.4 Å². The fraction of sp³-hybridized carbons (Fsp3) is 0.250. The molecule has 0 saturated carbocycles. The maximum atomic E-state index is 5.32. The summed E-state index contributed by atoms with van der Waals surface area (Å²) >= 11 is 0. The van der Waals surface area contributed by atoms with Gasteiger partial charge in [-0.05, 0) is 5.56 Å². The Hall–Kier alpha value is -2.41. The zero-order valence-corrected chi connectivity index (χ0v) is 10.9. The van der Waals surface area contributed by atoms with Gasteiger partial charge in [-0.3, -0.25) is 5.43 Å². The zero-order valence-electron chi connectivity index (χ0n) is 10.9. The van der Waals surface area contributed by atoms with Crippen LogP contribution in [0.5, 0.6) is 6.01 Å². The van der Waals surface area contributed by atoms with Gasteiger partial charge in [-0.25, -0.2) is 5.84 Å². The van der Waals surface area contributed by atoms with Gasteiger partial charge in [0.05, 0.1) is 7.11 Å². The molecule has 0 atom stereocenters. The number of hydrazine groups is 1. The van der Waals surface area contributed by atoms with Crippen LogP contribution >= 0.6 is 0 Å². The summed E-state index contributed by atoms with van der Waals surface area (Å²) in [5.41, 5.74) is 3.55. The van der Waals surface area contributed by atoms with E-state index in [0.29, 0.717) is 12.5 Å². The van der Waals surface area contributed by atoms with E-state index in [1.54, 1.807) is 0 Å². The van der Waals surface area contributed by atoms with Crippen molar-refractivity contribution < 1.29 is 4.74 Å². The molecule has 0 radical (unpaired) electrons. The second-order valence-electron chi connectivity index (χ2n) is 3.93. The van der Waals surface area contributed by atoms with Crippen molar-refractivity contribution in [2.75, 3.05) is 24.5 Å². The van der Waals surface area contributed by atoms with E-state index < -0.39 is 0 Å². The first kappa shape index (κ1) is 13.0. The van der Waals surface area contributed by atoms with Crippen LogP contribution in [0.25, 0.3) is 0 Å². The average molecular weight is 260 g/mol. The number of anilines is 2. The number of benzene rings is 1. The van der Waals surface area contributed by atoms with E-state index >= 15 is 0 Å². The Morgan fingerprint density at radius 3 is 2.58 bits per heavy atom. The largest absolute Gasteiger partial charge is 0.467 e. The molecule has 7 nitrogen and oxygen atoms in total. The molecule has 0 bridgehead atoms. The molecule has 2 rings (SSSR count). The molecule has 1 aromatic carbocycles. The fourth-order valence-electron chi connectivity index (χ4n) is 1.60. The maximum absolute atomic E-state index is 5.32. The van der Waals surface area contributed by atoms with Gasteiger partial charge < -0.3 is 9.64 Å². The third-order valence-corrected chi connectivity index (χ3v) is 2.52. The zero-order chi connectivity index (χ0) is 13.7. The van der Waals surface area contributed by atoms with Crippen molar-refractivity contribution in [2.24, 2.45) is 5.84 Å². The first-order chi connectivity index (χ1) is 9.22. The number of rotatable bonds is 5. The minimum absolute atomic E-state index is 0.220. The van der Waals surface area contributed by atoms with Crippen LogP contribution < -0.4 is 20.9 Å². The van der Waals surface area contributed by atoms with Crippen LogP contribution in [0.15, 0.2) is 30.3 Å². The number of ether oxygens (including phenoxy) is 1. The first-order valence-electron chi connectivity index (χ1n) is 5.74. The molecule has 0 fully saturated rings. The minimum atomic E-state index is 0.220. The molecule has 0 saturated heterocycles. The fourth-order valence-corrected chi connectivity index (χ4v) is 1.60. The lowest BCUT2D eigenvalue weighted by Crippen LogP contribution is -2.21. The van der Waals surface area contributed by atoms with E-state index in [-0.39, 0.29) is 12.0 Å². The van der Waals surface area contributed by atoms with Gasteiger partial charge in [0.25, 0.3) is 0 Å². The van der Waals surface area contributed by atoms with Gasteiger partial charge in [0, 0.05) is 13.6 Å². The summed E-state index contributed by atoms with van der Waals surface area (Å²) in [5.74, 6) is 6.07. The van der Waals surface area contributed by atoms with Gasteiger partial charge >= 0.3 is 6.01 Å². The molecule has 0 aliphatic heterocycles. The lowest BCUT2D eigenvalue weighted by molar-refractivity contribution is 0.379. The molecule has 19 heavy (non-hydrogen) atoms. The predicted molar refractivity (Wildman–Crippen MR) is 72.7 cm³/mol. The van der Waals surface area contributed by atoms with Gasteiger partial charge in [0.2, 0.25) is 11.9 Å². The minimum Gasteiger partial charge on any atom is -0.467 e. The van der Waals surface area contributed by atoms with Crippen LogP contribution in [0.2, 0.25) is 0 Å². The van der Waals surface area contributed by atoms with Crippen molar-refractivity contribution in [3.05, 3.63) is 35.9 Å².